The van der Waals surface area contributed by atoms with Crippen LogP contribution in [0.5, 0.6) is 0 Å². The molecule has 0 aliphatic heterocycles. The number of nitrogens with two attached hydrogens (primary N) is 2. The molecule has 0 amide bonds. The molecule has 1 unspecified atom stereocenters. The van der Waals surface area contributed by atoms with Crippen LogP contribution in [-0.4, -0.2) is 6.54 Å². The predicted octanol–water partition coefficient (Wildman–Crippen LogP) is 0.444. The van der Waals surface area contributed by atoms with Crippen molar-refractivity contribution in [2.24, 2.45) is 17.4 Å². The SMILES string of the molecule is C=C(N)C(CC)CN. The van der Waals surface area contributed by atoms with E-state index in [9.17, 15) is 0 Å². The van der Waals surface area contributed by atoms with Gasteiger partial charge < -0.3 is 11.5 Å². The second kappa shape index (κ2) is 3.50. The molecule has 2 nitrogen and oxygen atoms in total. The first-order valence-corrected chi connectivity index (χ1v) is 2.86. The van der Waals surface area contributed by atoms with E-state index in [4.69, 9.17) is 11.5 Å². The minimum atomic E-state index is 0.315. The summed E-state index contributed by atoms with van der Waals surface area (Å²) >= 11 is 0. The van der Waals surface area contributed by atoms with Crippen molar-refractivity contribution in [1.29, 1.82) is 0 Å². The normalized spacial score (nSPS) is 13.2. The van der Waals surface area contributed by atoms with Crippen LogP contribution in [0.4, 0.5) is 0 Å². The summed E-state index contributed by atoms with van der Waals surface area (Å²) in [5.41, 5.74) is 11.4. The van der Waals surface area contributed by atoms with Crippen LogP contribution in [0.2, 0.25) is 0 Å². The van der Waals surface area contributed by atoms with Crippen LogP contribution in [0.15, 0.2) is 12.3 Å². The lowest BCUT2D eigenvalue weighted by molar-refractivity contribution is 0.599. The maximum atomic E-state index is 5.38. The van der Waals surface area contributed by atoms with Crippen molar-refractivity contribution in [3.63, 3.8) is 0 Å². The van der Waals surface area contributed by atoms with E-state index in [1.807, 2.05) is 0 Å². The van der Waals surface area contributed by atoms with Gasteiger partial charge in [-0.2, -0.15) is 0 Å². The Labute approximate surface area is 50.6 Å². The van der Waals surface area contributed by atoms with Gasteiger partial charge in [0.05, 0.1) is 0 Å². The third kappa shape index (κ3) is 1.98. The molecule has 8 heavy (non-hydrogen) atoms. The Morgan fingerprint density at radius 3 is 2.25 bits per heavy atom. The van der Waals surface area contributed by atoms with Crippen LogP contribution in [0, 0.1) is 5.92 Å². The predicted molar refractivity (Wildman–Crippen MR) is 36.2 cm³/mol. The van der Waals surface area contributed by atoms with Crippen molar-refractivity contribution in [3.8, 4) is 0 Å². The van der Waals surface area contributed by atoms with Crippen LogP contribution in [0.3, 0.4) is 0 Å². The average Bonchev–Trinajstić information content (AvgIpc) is 1.69. The quantitative estimate of drug-likeness (QED) is 0.559. The van der Waals surface area contributed by atoms with E-state index in [1.54, 1.807) is 0 Å². The molecular formula is C6H14N2. The van der Waals surface area contributed by atoms with E-state index in [0.717, 1.165) is 6.42 Å². The zero-order valence-electron chi connectivity index (χ0n) is 5.35. The third-order valence-electron chi connectivity index (χ3n) is 1.30. The van der Waals surface area contributed by atoms with Crippen LogP contribution >= 0.6 is 0 Å². The fourth-order valence-corrected chi connectivity index (χ4v) is 0.580. The van der Waals surface area contributed by atoms with Crippen LogP contribution in [-0.2, 0) is 0 Å². The second-order valence-electron chi connectivity index (χ2n) is 1.92. The molecule has 0 aromatic heterocycles. The summed E-state index contributed by atoms with van der Waals surface area (Å²) in [6.07, 6.45) is 0.992. The lowest BCUT2D eigenvalue weighted by Gasteiger charge is -2.09. The Morgan fingerprint density at radius 1 is 1.75 bits per heavy atom. The standard InChI is InChI=1S/C6H14N2/c1-3-6(4-7)5(2)8/h6H,2-4,7-8H2,1H3. The van der Waals surface area contributed by atoms with Gasteiger partial charge in [0, 0.05) is 18.2 Å². The third-order valence-corrected chi connectivity index (χ3v) is 1.30. The maximum Gasteiger partial charge on any atom is 0.00985 e. The molecule has 0 radical (unpaired) electrons. The summed E-state index contributed by atoms with van der Waals surface area (Å²) in [4.78, 5) is 0. The monoisotopic (exact) mass is 114 g/mol. The first-order chi connectivity index (χ1) is 3.72. The molecule has 48 valence electrons. The zero-order chi connectivity index (χ0) is 6.57. The lowest BCUT2D eigenvalue weighted by atomic mass is 10.1. The first kappa shape index (κ1) is 7.50. The van der Waals surface area contributed by atoms with E-state index in [-0.39, 0.29) is 0 Å². The van der Waals surface area contributed by atoms with Crippen LogP contribution in [0.25, 0.3) is 0 Å². The van der Waals surface area contributed by atoms with E-state index >= 15 is 0 Å². The van der Waals surface area contributed by atoms with Gasteiger partial charge in [0.25, 0.3) is 0 Å². The smallest absolute Gasteiger partial charge is 0.00985 e. The Hall–Kier alpha value is -0.500. The summed E-state index contributed by atoms with van der Waals surface area (Å²) in [7, 11) is 0. The van der Waals surface area contributed by atoms with Gasteiger partial charge in [0.2, 0.25) is 0 Å². The van der Waals surface area contributed by atoms with Crippen molar-refractivity contribution in [3.05, 3.63) is 12.3 Å². The molecule has 0 saturated carbocycles. The van der Waals surface area contributed by atoms with E-state index in [0.29, 0.717) is 18.2 Å². The topological polar surface area (TPSA) is 52.0 Å². The molecule has 2 heteroatoms. The highest BCUT2D eigenvalue weighted by Gasteiger charge is 2.02. The summed E-state index contributed by atoms with van der Waals surface area (Å²) in [5, 5.41) is 0. The largest absolute Gasteiger partial charge is 0.402 e. The Bertz CT molecular complexity index is 74.6. The first-order valence-electron chi connectivity index (χ1n) is 2.86. The highest BCUT2D eigenvalue weighted by Crippen LogP contribution is 2.04. The fourth-order valence-electron chi connectivity index (χ4n) is 0.580. The molecule has 0 rings (SSSR count). The van der Waals surface area contributed by atoms with Gasteiger partial charge in [0.1, 0.15) is 0 Å². The Morgan fingerprint density at radius 2 is 2.25 bits per heavy atom. The molecule has 4 N–H and O–H groups in total. The number of hydrogen-bond donors (Lipinski definition) is 2. The van der Waals surface area contributed by atoms with Crippen molar-refractivity contribution >= 4 is 0 Å². The Kier molecular flexibility index (Phi) is 3.28. The van der Waals surface area contributed by atoms with Gasteiger partial charge in [-0.05, 0) is 6.42 Å². The average molecular weight is 114 g/mol. The molecule has 0 aromatic carbocycles. The molecule has 0 aromatic rings. The molecule has 0 spiro atoms. The summed E-state index contributed by atoms with van der Waals surface area (Å²) in [5.74, 6) is 0.315. The minimum Gasteiger partial charge on any atom is -0.402 e. The molecular weight excluding hydrogens is 100 g/mol. The summed E-state index contributed by atoms with van der Waals surface area (Å²) in [6.45, 7) is 6.26. The fraction of sp³-hybridized carbons (Fsp3) is 0.667. The van der Waals surface area contributed by atoms with Gasteiger partial charge in [0.15, 0.2) is 0 Å². The van der Waals surface area contributed by atoms with Crippen molar-refractivity contribution in [2.45, 2.75) is 13.3 Å². The second-order valence-corrected chi connectivity index (χ2v) is 1.92. The zero-order valence-corrected chi connectivity index (χ0v) is 5.35. The lowest BCUT2D eigenvalue weighted by Crippen LogP contribution is -2.19. The maximum absolute atomic E-state index is 5.38. The number of hydrogen-bond acceptors (Lipinski definition) is 2. The van der Waals surface area contributed by atoms with Crippen molar-refractivity contribution in [1.82, 2.24) is 0 Å². The molecule has 0 aliphatic carbocycles. The molecule has 0 fully saturated rings. The summed E-state index contributed by atoms with van der Waals surface area (Å²) < 4.78 is 0. The van der Waals surface area contributed by atoms with E-state index in [1.165, 1.54) is 0 Å². The molecule has 0 aliphatic rings. The molecule has 1 atom stereocenters. The molecule has 0 bridgehead atoms. The number of rotatable bonds is 3. The Balaban J connectivity index is 3.52. The molecule has 0 heterocycles. The van der Waals surface area contributed by atoms with Crippen LogP contribution in [0.1, 0.15) is 13.3 Å². The van der Waals surface area contributed by atoms with E-state index in [2.05, 4.69) is 13.5 Å². The van der Waals surface area contributed by atoms with Crippen LogP contribution < -0.4 is 11.5 Å². The highest BCUT2D eigenvalue weighted by atomic mass is 14.6. The minimum absolute atomic E-state index is 0.315. The van der Waals surface area contributed by atoms with E-state index < -0.39 is 0 Å². The van der Waals surface area contributed by atoms with Crippen molar-refractivity contribution in [2.75, 3.05) is 6.54 Å². The van der Waals surface area contributed by atoms with Crippen molar-refractivity contribution < 1.29 is 0 Å². The summed E-state index contributed by atoms with van der Waals surface area (Å²) in [6, 6.07) is 0. The van der Waals surface area contributed by atoms with Gasteiger partial charge in [-0.1, -0.05) is 13.5 Å². The van der Waals surface area contributed by atoms with Gasteiger partial charge in [-0.3, -0.25) is 0 Å². The van der Waals surface area contributed by atoms with Gasteiger partial charge >= 0.3 is 0 Å². The highest BCUT2D eigenvalue weighted by molar-refractivity contribution is 4.93. The van der Waals surface area contributed by atoms with Gasteiger partial charge in [-0.15, -0.1) is 0 Å². The molecule has 0 saturated heterocycles. The van der Waals surface area contributed by atoms with Gasteiger partial charge in [-0.25, -0.2) is 0 Å².